The SMILES string of the molecule is COCC(NC(=O)C1CC2CCCC(C1)C2N)c1ccc(F)c(F)c1. The zero-order chi connectivity index (χ0) is 18.0. The van der Waals surface area contributed by atoms with Gasteiger partial charge in [0.25, 0.3) is 0 Å². The van der Waals surface area contributed by atoms with Crippen LogP contribution in [-0.4, -0.2) is 25.7 Å². The maximum absolute atomic E-state index is 13.5. The van der Waals surface area contributed by atoms with Gasteiger partial charge >= 0.3 is 0 Å². The Morgan fingerprint density at radius 2 is 1.96 bits per heavy atom. The first-order chi connectivity index (χ1) is 12.0. The minimum Gasteiger partial charge on any atom is -0.382 e. The number of amides is 1. The zero-order valence-electron chi connectivity index (χ0n) is 14.5. The molecule has 2 aliphatic rings. The van der Waals surface area contributed by atoms with Gasteiger partial charge in [0.15, 0.2) is 11.6 Å². The lowest BCUT2D eigenvalue weighted by molar-refractivity contribution is -0.129. The number of carbonyl (C=O) groups is 1. The Labute approximate surface area is 147 Å². The van der Waals surface area contributed by atoms with E-state index < -0.39 is 17.7 Å². The molecule has 138 valence electrons. The Morgan fingerprint density at radius 1 is 1.28 bits per heavy atom. The molecule has 6 heteroatoms. The molecule has 0 aliphatic heterocycles. The Bertz CT molecular complexity index is 611. The quantitative estimate of drug-likeness (QED) is 0.856. The van der Waals surface area contributed by atoms with E-state index in [1.54, 1.807) is 0 Å². The van der Waals surface area contributed by atoms with E-state index >= 15 is 0 Å². The third-order valence-corrected chi connectivity index (χ3v) is 5.78. The lowest BCUT2D eigenvalue weighted by atomic mass is 9.65. The highest BCUT2D eigenvalue weighted by Gasteiger charge is 2.40. The minimum absolute atomic E-state index is 0.0458. The molecule has 0 radical (unpaired) electrons. The third kappa shape index (κ3) is 4.01. The summed E-state index contributed by atoms with van der Waals surface area (Å²) in [4.78, 5) is 12.8. The van der Waals surface area contributed by atoms with Crippen LogP contribution in [0, 0.1) is 29.4 Å². The van der Waals surface area contributed by atoms with Crippen molar-refractivity contribution in [1.29, 1.82) is 0 Å². The third-order valence-electron chi connectivity index (χ3n) is 5.78. The van der Waals surface area contributed by atoms with E-state index in [1.807, 2.05) is 0 Å². The first kappa shape index (κ1) is 18.3. The van der Waals surface area contributed by atoms with Crippen molar-refractivity contribution in [3.05, 3.63) is 35.4 Å². The molecular formula is C19H26F2N2O2. The highest BCUT2D eigenvalue weighted by atomic mass is 19.2. The zero-order valence-corrected chi connectivity index (χ0v) is 14.5. The van der Waals surface area contributed by atoms with Crippen molar-refractivity contribution < 1.29 is 18.3 Å². The molecule has 2 bridgehead atoms. The molecule has 0 saturated heterocycles. The molecule has 1 amide bonds. The van der Waals surface area contributed by atoms with Crippen molar-refractivity contribution in [2.24, 2.45) is 23.5 Å². The standard InChI is InChI=1S/C19H26F2N2O2/c1-25-10-17(11-5-6-15(20)16(21)9-11)23-19(24)14-7-12-3-2-4-13(8-14)18(12)22/h5-6,9,12-14,17-18H,2-4,7-8,10,22H2,1H3,(H,23,24). The highest BCUT2D eigenvalue weighted by molar-refractivity contribution is 5.79. The van der Waals surface area contributed by atoms with Gasteiger partial charge in [0.2, 0.25) is 5.91 Å². The van der Waals surface area contributed by atoms with Crippen molar-refractivity contribution in [1.82, 2.24) is 5.32 Å². The maximum Gasteiger partial charge on any atom is 0.223 e. The van der Waals surface area contributed by atoms with Gasteiger partial charge in [-0.1, -0.05) is 12.5 Å². The summed E-state index contributed by atoms with van der Waals surface area (Å²) in [6.07, 6.45) is 4.98. The van der Waals surface area contributed by atoms with E-state index in [0.29, 0.717) is 17.4 Å². The van der Waals surface area contributed by atoms with Crippen LogP contribution in [0.5, 0.6) is 0 Å². The summed E-state index contributed by atoms with van der Waals surface area (Å²) in [5, 5.41) is 2.96. The smallest absolute Gasteiger partial charge is 0.223 e. The van der Waals surface area contributed by atoms with Crippen molar-refractivity contribution in [2.45, 2.75) is 44.2 Å². The summed E-state index contributed by atoms with van der Waals surface area (Å²) >= 11 is 0. The molecule has 2 fully saturated rings. The summed E-state index contributed by atoms with van der Waals surface area (Å²) < 4.78 is 31.8. The van der Waals surface area contributed by atoms with Crippen LogP contribution in [0.1, 0.15) is 43.7 Å². The van der Waals surface area contributed by atoms with E-state index in [4.69, 9.17) is 10.5 Å². The second kappa shape index (κ2) is 7.79. The number of ether oxygens (including phenoxy) is 1. The van der Waals surface area contributed by atoms with Crippen molar-refractivity contribution in [3.63, 3.8) is 0 Å². The molecule has 1 aromatic carbocycles. The van der Waals surface area contributed by atoms with Crippen LogP contribution in [-0.2, 0) is 9.53 Å². The fourth-order valence-corrected chi connectivity index (χ4v) is 4.41. The maximum atomic E-state index is 13.5. The number of rotatable bonds is 5. The highest BCUT2D eigenvalue weighted by Crippen LogP contribution is 2.42. The number of hydrogen-bond donors (Lipinski definition) is 2. The van der Waals surface area contributed by atoms with E-state index in [2.05, 4.69) is 5.32 Å². The molecule has 25 heavy (non-hydrogen) atoms. The number of nitrogens with one attached hydrogen (secondary N) is 1. The van der Waals surface area contributed by atoms with Crippen LogP contribution in [0.4, 0.5) is 8.78 Å². The lowest BCUT2D eigenvalue weighted by Crippen LogP contribution is -2.49. The molecule has 0 aromatic heterocycles. The Morgan fingerprint density at radius 3 is 2.56 bits per heavy atom. The van der Waals surface area contributed by atoms with Gasteiger partial charge in [-0.2, -0.15) is 0 Å². The van der Waals surface area contributed by atoms with Crippen LogP contribution in [0.25, 0.3) is 0 Å². The van der Waals surface area contributed by atoms with E-state index in [1.165, 1.54) is 19.6 Å². The molecule has 0 spiro atoms. The Hall–Kier alpha value is -1.53. The molecule has 1 aromatic rings. The number of hydrogen-bond acceptors (Lipinski definition) is 3. The average molecular weight is 352 g/mol. The topological polar surface area (TPSA) is 64.3 Å². The average Bonchev–Trinajstić information content (AvgIpc) is 2.56. The molecule has 3 N–H and O–H groups in total. The van der Waals surface area contributed by atoms with Crippen molar-refractivity contribution >= 4 is 5.91 Å². The molecule has 4 nitrogen and oxygen atoms in total. The number of halogens is 2. The van der Waals surface area contributed by atoms with Gasteiger partial charge in [0.1, 0.15) is 0 Å². The van der Waals surface area contributed by atoms with Crippen LogP contribution >= 0.6 is 0 Å². The first-order valence-corrected chi connectivity index (χ1v) is 8.99. The van der Waals surface area contributed by atoms with Gasteiger partial charge in [-0.25, -0.2) is 8.78 Å². The molecule has 0 heterocycles. The van der Waals surface area contributed by atoms with Crippen LogP contribution in [0.2, 0.25) is 0 Å². The number of nitrogens with two attached hydrogens (primary N) is 1. The predicted octanol–water partition coefficient (Wildman–Crippen LogP) is 2.92. The minimum atomic E-state index is -0.925. The van der Waals surface area contributed by atoms with Crippen molar-refractivity contribution in [3.8, 4) is 0 Å². The van der Waals surface area contributed by atoms with E-state index in [0.717, 1.165) is 37.8 Å². The summed E-state index contributed by atoms with van der Waals surface area (Å²) in [5.41, 5.74) is 6.79. The number of carbonyl (C=O) groups excluding carboxylic acids is 1. The second-order valence-corrected chi connectivity index (χ2v) is 7.39. The van der Waals surface area contributed by atoms with Gasteiger partial charge < -0.3 is 15.8 Å². The summed E-state index contributed by atoms with van der Waals surface area (Å²) in [5.74, 6) is -1.12. The van der Waals surface area contributed by atoms with Gasteiger partial charge in [0.05, 0.1) is 12.6 Å². The van der Waals surface area contributed by atoms with E-state index in [9.17, 15) is 13.6 Å². The first-order valence-electron chi connectivity index (χ1n) is 8.99. The molecule has 2 saturated carbocycles. The van der Waals surface area contributed by atoms with Crippen molar-refractivity contribution in [2.75, 3.05) is 13.7 Å². The molecule has 3 unspecified atom stereocenters. The molecule has 3 rings (SSSR count). The Kier molecular flexibility index (Phi) is 5.69. The largest absolute Gasteiger partial charge is 0.382 e. The molecule has 2 aliphatic carbocycles. The summed E-state index contributed by atoms with van der Waals surface area (Å²) in [6.45, 7) is 0.204. The van der Waals surface area contributed by atoms with E-state index in [-0.39, 0.29) is 24.5 Å². The fourth-order valence-electron chi connectivity index (χ4n) is 4.41. The van der Waals surface area contributed by atoms with Gasteiger partial charge in [-0.3, -0.25) is 4.79 Å². The molecular weight excluding hydrogens is 326 g/mol. The van der Waals surface area contributed by atoms with Crippen LogP contribution in [0.15, 0.2) is 18.2 Å². The summed E-state index contributed by atoms with van der Waals surface area (Å²) in [7, 11) is 1.52. The number of methoxy groups -OCH3 is 1. The van der Waals surface area contributed by atoms with Gasteiger partial charge in [-0.05, 0) is 55.2 Å². The predicted molar refractivity (Wildman–Crippen MR) is 90.6 cm³/mol. The van der Waals surface area contributed by atoms with Gasteiger partial charge in [-0.15, -0.1) is 0 Å². The Balaban J connectivity index is 1.69. The summed E-state index contributed by atoms with van der Waals surface area (Å²) in [6, 6.07) is 3.38. The second-order valence-electron chi connectivity index (χ2n) is 7.39. The normalized spacial score (nSPS) is 29.9. The van der Waals surface area contributed by atoms with Gasteiger partial charge in [0, 0.05) is 19.1 Å². The lowest BCUT2D eigenvalue weighted by Gasteiger charge is -2.43. The number of benzene rings is 1. The monoisotopic (exact) mass is 352 g/mol. The number of fused-ring (bicyclic) bond motifs is 2. The molecule has 3 atom stereocenters. The van der Waals surface area contributed by atoms with Crippen LogP contribution in [0.3, 0.4) is 0 Å². The van der Waals surface area contributed by atoms with Crippen LogP contribution < -0.4 is 11.1 Å². The fraction of sp³-hybridized carbons (Fsp3) is 0.632.